The molecule has 0 spiro atoms. The highest BCUT2D eigenvalue weighted by atomic mass is 32.1. The minimum atomic E-state index is 0.529. The third-order valence-electron chi connectivity index (χ3n) is 3.17. The molecule has 0 unspecified atom stereocenters. The van der Waals surface area contributed by atoms with Gasteiger partial charge in [0, 0.05) is 13.0 Å². The van der Waals surface area contributed by atoms with Crippen molar-refractivity contribution < 1.29 is 0 Å². The van der Waals surface area contributed by atoms with E-state index in [1.807, 2.05) is 0 Å². The lowest BCUT2D eigenvalue weighted by atomic mass is 9.86. The summed E-state index contributed by atoms with van der Waals surface area (Å²) in [6.45, 7) is 0.529. The minimum Gasteiger partial charge on any atom is -0.324 e. The van der Waals surface area contributed by atoms with E-state index in [0.717, 1.165) is 17.3 Å². The van der Waals surface area contributed by atoms with Crippen LogP contribution in [0.4, 0.5) is 0 Å². The van der Waals surface area contributed by atoms with Crippen molar-refractivity contribution in [1.82, 2.24) is 10.2 Å². The highest BCUT2D eigenvalue weighted by Gasteiger charge is 2.14. The van der Waals surface area contributed by atoms with Crippen LogP contribution in [-0.2, 0) is 13.0 Å². The van der Waals surface area contributed by atoms with Gasteiger partial charge in [0.2, 0.25) is 0 Å². The molecule has 1 aliphatic carbocycles. The molecule has 1 heterocycles. The number of hydrogen-bond donors (Lipinski definition) is 1. The molecule has 0 saturated heterocycles. The maximum absolute atomic E-state index is 5.51. The lowest BCUT2D eigenvalue weighted by Gasteiger charge is -2.20. The maximum atomic E-state index is 5.51. The van der Waals surface area contributed by atoms with E-state index >= 15 is 0 Å². The molecule has 2 N–H and O–H groups in total. The first-order valence-corrected chi connectivity index (χ1v) is 6.71. The summed E-state index contributed by atoms with van der Waals surface area (Å²) in [6.07, 6.45) is 9.52. The van der Waals surface area contributed by atoms with Crippen LogP contribution >= 0.6 is 11.3 Å². The highest BCUT2D eigenvalue weighted by Crippen LogP contribution is 2.27. The molecule has 4 heteroatoms. The van der Waals surface area contributed by atoms with Crippen molar-refractivity contribution in [1.29, 1.82) is 0 Å². The van der Waals surface area contributed by atoms with Crippen molar-refractivity contribution in [3.05, 3.63) is 10.0 Å². The normalized spacial score (nSPS) is 18.2. The summed E-state index contributed by atoms with van der Waals surface area (Å²) in [7, 11) is 0. The minimum absolute atomic E-state index is 0.529. The SMILES string of the molecule is NCc1nnc(CCC2CCCCC2)s1. The van der Waals surface area contributed by atoms with Crippen LogP contribution in [0.25, 0.3) is 0 Å². The third-order valence-corrected chi connectivity index (χ3v) is 4.18. The predicted molar refractivity (Wildman–Crippen MR) is 62.7 cm³/mol. The van der Waals surface area contributed by atoms with Gasteiger partial charge in [0.15, 0.2) is 0 Å². The zero-order valence-corrected chi connectivity index (χ0v) is 9.93. The molecule has 0 atom stereocenters. The average Bonchev–Trinajstić information content (AvgIpc) is 2.76. The van der Waals surface area contributed by atoms with Crippen molar-refractivity contribution in [2.45, 2.75) is 51.5 Å². The third kappa shape index (κ3) is 3.24. The van der Waals surface area contributed by atoms with Crippen LogP contribution < -0.4 is 5.73 Å². The van der Waals surface area contributed by atoms with Crippen molar-refractivity contribution in [3.8, 4) is 0 Å². The molecule has 0 radical (unpaired) electrons. The summed E-state index contributed by atoms with van der Waals surface area (Å²) in [4.78, 5) is 0. The molecule has 0 aliphatic heterocycles. The first-order valence-electron chi connectivity index (χ1n) is 5.90. The predicted octanol–water partition coefficient (Wildman–Crippen LogP) is 2.51. The van der Waals surface area contributed by atoms with Gasteiger partial charge in [-0.05, 0) is 12.3 Å². The van der Waals surface area contributed by atoms with E-state index in [4.69, 9.17) is 5.73 Å². The Morgan fingerprint density at radius 3 is 2.53 bits per heavy atom. The Morgan fingerprint density at radius 1 is 1.13 bits per heavy atom. The Balaban J connectivity index is 1.76. The van der Waals surface area contributed by atoms with Crippen molar-refractivity contribution in [2.24, 2.45) is 11.7 Å². The van der Waals surface area contributed by atoms with E-state index < -0.39 is 0 Å². The zero-order chi connectivity index (χ0) is 10.5. The van der Waals surface area contributed by atoms with Gasteiger partial charge in [-0.1, -0.05) is 32.1 Å². The molecule has 84 valence electrons. The molecule has 0 aromatic carbocycles. The van der Waals surface area contributed by atoms with E-state index in [0.29, 0.717) is 6.54 Å². The number of hydrogen-bond acceptors (Lipinski definition) is 4. The Labute approximate surface area is 95.1 Å². The molecule has 1 fully saturated rings. The fourth-order valence-corrected chi connectivity index (χ4v) is 3.01. The van der Waals surface area contributed by atoms with Crippen LogP contribution in [-0.4, -0.2) is 10.2 Å². The van der Waals surface area contributed by atoms with Gasteiger partial charge in [-0.2, -0.15) is 0 Å². The quantitative estimate of drug-likeness (QED) is 0.856. The number of rotatable bonds is 4. The van der Waals surface area contributed by atoms with Gasteiger partial charge in [0.1, 0.15) is 10.0 Å². The van der Waals surface area contributed by atoms with Gasteiger partial charge < -0.3 is 5.73 Å². The van der Waals surface area contributed by atoms with E-state index in [9.17, 15) is 0 Å². The Hall–Kier alpha value is -0.480. The molecular formula is C11H19N3S. The van der Waals surface area contributed by atoms with E-state index in [2.05, 4.69) is 10.2 Å². The van der Waals surface area contributed by atoms with E-state index in [-0.39, 0.29) is 0 Å². The molecule has 1 saturated carbocycles. The smallest absolute Gasteiger partial charge is 0.131 e. The summed E-state index contributed by atoms with van der Waals surface area (Å²) in [5.41, 5.74) is 5.51. The molecule has 15 heavy (non-hydrogen) atoms. The van der Waals surface area contributed by atoms with Crippen LogP contribution in [0.2, 0.25) is 0 Å². The van der Waals surface area contributed by atoms with E-state index in [1.165, 1.54) is 43.5 Å². The summed E-state index contributed by atoms with van der Waals surface area (Å²) in [6, 6.07) is 0. The number of nitrogens with zero attached hydrogens (tertiary/aromatic N) is 2. The fourth-order valence-electron chi connectivity index (χ4n) is 2.28. The van der Waals surface area contributed by atoms with Crippen molar-refractivity contribution in [2.75, 3.05) is 0 Å². The number of nitrogens with two attached hydrogens (primary N) is 1. The molecule has 2 rings (SSSR count). The van der Waals surface area contributed by atoms with Gasteiger partial charge in [0.25, 0.3) is 0 Å². The molecule has 1 aliphatic rings. The summed E-state index contributed by atoms with van der Waals surface area (Å²) in [5.74, 6) is 0.934. The van der Waals surface area contributed by atoms with Gasteiger partial charge >= 0.3 is 0 Å². The summed E-state index contributed by atoms with van der Waals surface area (Å²) >= 11 is 1.67. The largest absolute Gasteiger partial charge is 0.324 e. The standard InChI is InChI=1S/C11H19N3S/c12-8-11-14-13-10(15-11)7-6-9-4-2-1-3-5-9/h9H,1-8,12H2. The Morgan fingerprint density at radius 2 is 1.87 bits per heavy atom. The van der Waals surface area contributed by atoms with Crippen LogP contribution in [0, 0.1) is 5.92 Å². The van der Waals surface area contributed by atoms with Crippen molar-refractivity contribution >= 4 is 11.3 Å². The number of aromatic nitrogens is 2. The van der Waals surface area contributed by atoms with Gasteiger partial charge in [-0.3, -0.25) is 0 Å². The zero-order valence-electron chi connectivity index (χ0n) is 9.11. The Kier molecular flexibility index (Phi) is 4.09. The second-order valence-electron chi connectivity index (χ2n) is 4.34. The van der Waals surface area contributed by atoms with E-state index in [1.54, 1.807) is 11.3 Å². The Bertz CT molecular complexity index is 292. The fraction of sp³-hybridized carbons (Fsp3) is 0.818. The molecular weight excluding hydrogens is 206 g/mol. The van der Waals surface area contributed by atoms with Gasteiger partial charge in [-0.15, -0.1) is 21.5 Å². The lowest BCUT2D eigenvalue weighted by Crippen LogP contribution is -2.07. The molecule has 0 bridgehead atoms. The first kappa shape index (κ1) is 11.0. The first-order chi connectivity index (χ1) is 7.38. The molecule has 3 nitrogen and oxygen atoms in total. The average molecular weight is 225 g/mol. The van der Waals surface area contributed by atoms with Crippen LogP contribution in [0.1, 0.15) is 48.5 Å². The second-order valence-corrected chi connectivity index (χ2v) is 5.48. The van der Waals surface area contributed by atoms with Crippen molar-refractivity contribution in [3.63, 3.8) is 0 Å². The van der Waals surface area contributed by atoms with Gasteiger partial charge in [-0.25, -0.2) is 0 Å². The van der Waals surface area contributed by atoms with Crippen LogP contribution in [0.15, 0.2) is 0 Å². The molecule has 0 amide bonds. The monoisotopic (exact) mass is 225 g/mol. The summed E-state index contributed by atoms with van der Waals surface area (Å²) in [5, 5.41) is 10.3. The van der Waals surface area contributed by atoms with Gasteiger partial charge in [0.05, 0.1) is 0 Å². The lowest BCUT2D eigenvalue weighted by molar-refractivity contribution is 0.339. The topological polar surface area (TPSA) is 51.8 Å². The summed E-state index contributed by atoms with van der Waals surface area (Å²) < 4.78 is 0. The van der Waals surface area contributed by atoms with Crippen LogP contribution in [0.3, 0.4) is 0 Å². The maximum Gasteiger partial charge on any atom is 0.131 e. The molecule has 1 aromatic rings. The number of aryl methyl sites for hydroxylation is 1. The molecule has 1 aromatic heterocycles. The second kappa shape index (κ2) is 5.56. The van der Waals surface area contributed by atoms with Crippen LogP contribution in [0.5, 0.6) is 0 Å². The highest BCUT2D eigenvalue weighted by molar-refractivity contribution is 7.11.